The van der Waals surface area contributed by atoms with Crippen LogP contribution in [-0.4, -0.2) is 31.0 Å². The molecule has 2 heterocycles. The van der Waals surface area contributed by atoms with E-state index in [1.54, 1.807) is 12.1 Å². The van der Waals surface area contributed by atoms with Crippen molar-refractivity contribution in [1.82, 2.24) is 25.0 Å². The van der Waals surface area contributed by atoms with Gasteiger partial charge in [0.15, 0.2) is 0 Å². The summed E-state index contributed by atoms with van der Waals surface area (Å²) in [6, 6.07) is 7.12. The summed E-state index contributed by atoms with van der Waals surface area (Å²) < 4.78 is 2.10. The highest BCUT2D eigenvalue weighted by Crippen LogP contribution is 2.14. The Morgan fingerprint density at radius 3 is 2.41 bits per heavy atom. The van der Waals surface area contributed by atoms with Gasteiger partial charge in [0.2, 0.25) is 0 Å². The monoisotopic (exact) mass is 369 g/mol. The maximum atomic E-state index is 12.3. The summed E-state index contributed by atoms with van der Waals surface area (Å²) in [5.41, 5.74) is 3.36. The van der Waals surface area contributed by atoms with Crippen LogP contribution in [0.5, 0.6) is 5.75 Å². The highest BCUT2D eigenvalue weighted by Gasteiger charge is 2.15. The van der Waals surface area contributed by atoms with E-state index in [9.17, 15) is 24.3 Å². The number of aryl methyl sites for hydroxylation is 1. The van der Waals surface area contributed by atoms with Crippen LogP contribution in [0.25, 0.3) is 11.0 Å². The number of nitrogens with one attached hydrogen (secondary N) is 2. The lowest BCUT2D eigenvalue weighted by atomic mass is 10.2. The molecule has 0 fully saturated rings. The molecule has 1 aromatic carbocycles. The first-order chi connectivity index (χ1) is 12.8. The molecule has 3 N–H and O–H groups in total. The van der Waals surface area contributed by atoms with E-state index in [1.807, 2.05) is 0 Å². The van der Waals surface area contributed by atoms with Crippen LogP contribution in [-0.2, 0) is 14.1 Å². The number of nitrogens with zero attached hydrogens (tertiary/aromatic N) is 3. The fourth-order valence-electron chi connectivity index (χ4n) is 2.51. The van der Waals surface area contributed by atoms with Gasteiger partial charge in [-0.2, -0.15) is 0 Å². The van der Waals surface area contributed by atoms with Crippen molar-refractivity contribution < 1.29 is 14.7 Å². The van der Waals surface area contributed by atoms with Crippen LogP contribution < -0.4 is 22.1 Å². The number of carbonyl (C=O) groups excluding carboxylic acids is 2. The SMILES string of the molecule is Cn1c(=O)c2cc(C(=O)NNC(=O)c3ccccc3O)cnc2n(C)c1=O. The Balaban J connectivity index is 1.86. The van der Waals surface area contributed by atoms with E-state index in [0.717, 1.165) is 4.57 Å². The van der Waals surface area contributed by atoms with Crippen molar-refractivity contribution in [3.05, 3.63) is 68.5 Å². The average Bonchev–Trinajstić information content (AvgIpc) is 2.68. The minimum Gasteiger partial charge on any atom is -0.507 e. The van der Waals surface area contributed by atoms with Crippen molar-refractivity contribution in [3.8, 4) is 5.75 Å². The molecule has 3 aromatic rings. The number of hydrogen-bond donors (Lipinski definition) is 3. The molecule has 0 aliphatic rings. The number of hydrogen-bond acceptors (Lipinski definition) is 6. The summed E-state index contributed by atoms with van der Waals surface area (Å²) in [5.74, 6) is -1.67. The summed E-state index contributed by atoms with van der Waals surface area (Å²) in [4.78, 5) is 52.4. The van der Waals surface area contributed by atoms with E-state index in [2.05, 4.69) is 15.8 Å². The normalized spacial score (nSPS) is 10.6. The Morgan fingerprint density at radius 1 is 1.04 bits per heavy atom. The number of phenols is 1. The second kappa shape index (κ2) is 6.75. The van der Waals surface area contributed by atoms with Crippen LogP contribution in [0.3, 0.4) is 0 Å². The Labute approximate surface area is 151 Å². The topological polar surface area (TPSA) is 135 Å². The lowest BCUT2D eigenvalue weighted by Crippen LogP contribution is -2.42. The molecule has 27 heavy (non-hydrogen) atoms. The third-order valence-electron chi connectivity index (χ3n) is 3.99. The molecule has 0 aliphatic carbocycles. The molecular formula is C17H15N5O5. The van der Waals surface area contributed by atoms with Crippen molar-refractivity contribution >= 4 is 22.8 Å². The number of pyridine rings is 1. The van der Waals surface area contributed by atoms with E-state index in [0.29, 0.717) is 0 Å². The van der Waals surface area contributed by atoms with Crippen molar-refractivity contribution in [1.29, 1.82) is 0 Å². The highest BCUT2D eigenvalue weighted by molar-refractivity contribution is 6.01. The van der Waals surface area contributed by atoms with Crippen LogP contribution >= 0.6 is 0 Å². The zero-order valence-electron chi connectivity index (χ0n) is 14.4. The fraction of sp³-hybridized carbons (Fsp3) is 0.118. The molecule has 10 heteroatoms. The van der Waals surface area contributed by atoms with Gasteiger partial charge in [0.25, 0.3) is 17.4 Å². The maximum absolute atomic E-state index is 12.3. The third-order valence-corrected chi connectivity index (χ3v) is 3.99. The summed E-state index contributed by atoms with van der Waals surface area (Å²) in [6.45, 7) is 0. The summed E-state index contributed by atoms with van der Waals surface area (Å²) in [7, 11) is 2.78. The number of aromatic nitrogens is 3. The Kier molecular flexibility index (Phi) is 4.46. The molecule has 2 amide bonds. The summed E-state index contributed by atoms with van der Waals surface area (Å²) in [6.07, 6.45) is 1.18. The van der Waals surface area contributed by atoms with E-state index in [1.165, 1.54) is 43.1 Å². The van der Waals surface area contributed by atoms with Crippen molar-refractivity contribution in [3.63, 3.8) is 0 Å². The summed E-state index contributed by atoms with van der Waals surface area (Å²) >= 11 is 0. The molecule has 0 aliphatic heterocycles. The van der Waals surface area contributed by atoms with Crippen LogP contribution in [0.4, 0.5) is 0 Å². The molecule has 3 rings (SSSR count). The number of phenolic OH excluding ortho intramolecular Hbond substituents is 1. The van der Waals surface area contributed by atoms with Gasteiger partial charge in [-0.05, 0) is 18.2 Å². The van der Waals surface area contributed by atoms with Crippen LogP contribution in [0.15, 0.2) is 46.1 Å². The number of para-hydroxylation sites is 1. The zero-order valence-corrected chi connectivity index (χ0v) is 14.4. The van der Waals surface area contributed by atoms with Gasteiger partial charge in [-0.1, -0.05) is 12.1 Å². The third kappa shape index (κ3) is 3.15. The van der Waals surface area contributed by atoms with Crippen LogP contribution in [0.1, 0.15) is 20.7 Å². The number of aromatic hydroxyl groups is 1. The van der Waals surface area contributed by atoms with Gasteiger partial charge in [0, 0.05) is 20.3 Å². The molecule has 138 valence electrons. The van der Waals surface area contributed by atoms with Gasteiger partial charge in [0.1, 0.15) is 11.4 Å². The zero-order chi connectivity index (χ0) is 19.7. The Hall–Kier alpha value is -3.95. The first kappa shape index (κ1) is 17.9. The van der Waals surface area contributed by atoms with Crippen LogP contribution in [0.2, 0.25) is 0 Å². The molecule has 10 nitrogen and oxygen atoms in total. The first-order valence-corrected chi connectivity index (χ1v) is 7.75. The van der Waals surface area contributed by atoms with E-state index >= 15 is 0 Å². The Bertz CT molecular complexity index is 1190. The minimum atomic E-state index is -0.718. The van der Waals surface area contributed by atoms with Gasteiger partial charge in [0.05, 0.1) is 16.5 Å². The van der Waals surface area contributed by atoms with Gasteiger partial charge in [-0.25, -0.2) is 9.78 Å². The number of fused-ring (bicyclic) bond motifs is 1. The number of carbonyl (C=O) groups is 2. The van der Waals surface area contributed by atoms with Gasteiger partial charge < -0.3 is 5.11 Å². The molecule has 0 atom stereocenters. The number of amides is 2. The molecule has 0 unspecified atom stereocenters. The average molecular weight is 369 g/mol. The predicted molar refractivity (Wildman–Crippen MR) is 95.3 cm³/mol. The van der Waals surface area contributed by atoms with Crippen LogP contribution in [0, 0.1) is 0 Å². The second-order valence-electron chi connectivity index (χ2n) is 5.73. The number of hydrazine groups is 1. The molecule has 0 radical (unpaired) electrons. The number of rotatable bonds is 2. The second-order valence-corrected chi connectivity index (χ2v) is 5.73. The molecule has 2 aromatic heterocycles. The molecule has 0 saturated heterocycles. The predicted octanol–water partition coefficient (Wildman–Crippen LogP) is -0.587. The van der Waals surface area contributed by atoms with E-state index in [4.69, 9.17) is 0 Å². The van der Waals surface area contributed by atoms with Gasteiger partial charge in [-0.15, -0.1) is 0 Å². The molecule has 0 spiro atoms. The van der Waals surface area contributed by atoms with Gasteiger partial charge in [-0.3, -0.25) is 34.4 Å². The molecule has 0 saturated carbocycles. The quantitative estimate of drug-likeness (QED) is 0.517. The highest BCUT2D eigenvalue weighted by atomic mass is 16.3. The largest absolute Gasteiger partial charge is 0.507 e. The molecule has 0 bridgehead atoms. The summed E-state index contributed by atoms with van der Waals surface area (Å²) in [5, 5.41) is 9.72. The lowest BCUT2D eigenvalue weighted by molar-refractivity contribution is 0.0845. The minimum absolute atomic E-state index is 0.0100. The lowest BCUT2D eigenvalue weighted by Gasteiger charge is -2.10. The Morgan fingerprint density at radius 2 is 1.70 bits per heavy atom. The van der Waals surface area contributed by atoms with E-state index in [-0.39, 0.29) is 27.9 Å². The smallest absolute Gasteiger partial charge is 0.332 e. The first-order valence-electron chi connectivity index (χ1n) is 7.75. The number of benzene rings is 1. The van der Waals surface area contributed by atoms with Crippen molar-refractivity contribution in [2.75, 3.05) is 0 Å². The van der Waals surface area contributed by atoms with Crippen molar-refractivity contribution in [2.24, 2.45) is 14.1 Å². The van der Waals surface area contributed by atoms with Crippen molar-refractivity contribution in [2.45, 2.75) is 0 Å². The van der Waals surface area contributed by atoms with Gasteiger partial charge >= 0.3 is 5.69 Å². The fourth-order valence-corrected chi connectivity index (χ4v) is 2.51. The van der Waals surface area contributed by atoms with E-state index < -0.39 is 23.1 Å². The maximum Gasteiger partial charge on any atom is 0.332 e. The molecular weight excluding hydrogens is 354 g/mol. The standard InChI is InChI=1S/C17H15N5O5/c1-21-13-11(16(26)22(2)17(21)27)7-9(8-18-13)14(24)19-20-15(25)10-5-3-4-6-12(10)23/h3-8,23H,1-2H3,(H,19,24)(H,20,25).